The standard InChI is InChI=1S/C19H22N2O5/c1-19(2)10-25-14-9-11(5-6-13(14)16(19)26-18(20)22)12-7-8-15(23-3)21-17(12)24-4/h5-9,16H,10H2,1-4H3,(H2,20,22). The number of benzene rings is 1. The van der Waals surface area contributed by atoms with Crippen molar-refractivity contribution in [1.29, 1.82) is 0 Å². The van der Waals surface area contributed by atoms with E-state index in [0.29, 0.717) is 24.1 Å². The van der Waals surface area contributed by atoms with Crippen molar-refractivity contribution >= 4 is 6.09 Å². The molecule has 1 amide bonds. The molecule has 1 aromatic heterocycles. The number of primary amides is 1. The van der Waals surface area contributed by atoms with E-state index in [1.54, 1.807) is 20.3 Å². The maximum Gasteiger partial charge on any atom is 0.405 e. The molecule has 7 nitrogen and oxygen atoms in total. The van der Waals surface area contributed by atoms with Gasteiger partial charge in [0.25, 0.3) is 0 Å². The number of methoxy groups -OCH3 is 2. The second kappa shape index (κ2) is 6.74. The highest BCUT2D eigenvalue weighted by Crippen LogP contribution is 2.46. The summed E-state index contributed by atoms with van der Waals surface area (Å²) in [5.74, 6) is 1.56. The van der Waals surface area contributed by atoms with Crippen LogP contribution in [0.5, 0.6) is 17.5 Å². The third-order valence-corrected chi connectivity index (χ3v) is 4.39. The van der Waals surface area contributed by atoms with Crippen molar-refractivity contribution in [3.05, 3.63) is 35.9 Å². The van der Waals surface area contributed by atoms with Gasteiger partial charge in [0, 0.05) is 22.6 Å². The molecule has 2 N–H and O–H groups in total. The minimum Gasteiger partial charge on any atom is -0.492 e. The minimum absolute atomic E-state index is 0.386. The number of nitrogens with zero attached hydrogens (tertiary/aromatic N) is 1. The topological polar surface area (TPSA) is 92.9 Å². The van der Waals surface area contributed by atoms with E-state index >= 15 is 0 Å². The molecular formula is C19H22N2O5. The SMILES string of the molecule is COc1ccc(-c2ccc3c(c2)OCC(C)(C)C3OC(N)=O)c(OC)n1. The van der Waals surface area contributed by atoms with Crippen molar-refractivity contribution < 1.29 is 23.7 Å². The Hall–Kier alpha value is -2.96. The predicted octanol–water partition coefficient (Wildman–Crippen LogP) is 3.32. The smallest absolute Gasteiger partial charge is 0.405 e. The fourth-order valence-corrected chi connectivity index (χ4v) is 3.06. The van der Waals surface area contributed by atoms with Crippen LogP contribution in [0, 0.1) is 5.41 Å². The number of carbonyl (C=O) groups excluding carboxylic acids is 1. The summed E-state index contributed by atoms with van der Waals surface area (Å²) in [6, 6.07) is 9.31. The van der Waals surface area contributed by atoms with Crippen LogP contribution in [-0.2, 0) is 4.74 Å². The Balaban J connectivity index is 2.03. The average Bonchev–Trinajstić information content (AvgIpc) is 2.63. The minimum atomic E-state index is -0.805. The molecule has 1 aliphatic rings. The first kappa shape index (κ1) is 17.8. The summed E-state index contributed by atoms with van der Waals surface area (Å²) in [7, 11) is 3.11. The third-order valence-electron chi connectivity index (χ3n) is 4.39. The van der Waals surface area contributed by atoms with Gasteiger partial charge < -0.3 is 24.7 Å². The number of hydrogen-bond acceptors (Lipinski definition) is 6. The lowest BCUT2D eigenvalue weighted by atomic mass is 9.80. The summed E-state index contributed by atoms with van der Waals surface area (Å²) >= 11 is 0. The van der Waals surface area contributed by atoms with E-state index in [0.717, 1.165) is 16.7 Å². The Bertz CT molecular complexity index is 835. The maximum atomic E-state index is 11.3. The highest BCUT2D eigenvalue weighted by molar-refractivity contribution is 5.72. The number of hydrogen-bond donors (Lipinski definition) is 1. The van der Waals surface area contributed by atoms with Crippen LogP contribution in [0.25, 0.3) is 11.1 Å². The van der Waals surface area contributed by atoms with Crippen LogP contribution in [0.15, 0.2) is 30.3 Å². The Morgan fingerprint density at radius 1 is 1.23 bits per heavy atom. The molecule has 3 rings (SSSR count). The fourth-order valence-electron chi connectivity index (χ4n) is 3.06. The molecule has 0 radical (unpaired) electrons. The van der Waals surface area contributed by atoms with Crippen LogP contribution in [-0.4, -0.2) is 31.9 Å². The molecule has 0 saturated heterocycles. The second-order valence-electron chi connectivity index (χ2n) is 6.76. The Kier molecular flexibility index (Phi) is 4.63. The first-order valence-electron chi connectivity index (χ1n) is 8.18. The summed E-state index contributed by atoms with van der Waals surface area (Å²) in [5.41, 5.74) is 7.32. The van der Waals surface area contributed by atoms with E-state index in [1.807, 2.05) is 38.1 Å². The molecule has 0 bridgehead atoms. The normalized spacial score (nSPS) is 17.6. The number of fused-ring (bicyclic) bond motifs is 1. The van der Waals surface area contributed by atoms with Gasteiger partial charge in [-0.15, -0.1) is 0 Å². The summed E-state index contributed by atoms with van der Waals surface area (Å²) in [4.78, 5) is 15.6. The monoisotopic (exact) mass is 358 g/mol. The van der Waals surface area contributed by atoms with Crippen LogP contribution in [0.3, 0.4) is 0 Å². The van der Waals surface area contributed by atoms with Crippen molar-refractivity contribution in [3.63, 3.8) is 0 Å². The van der Waals surface area contributed by atoms with E-state index < -0.39 is 12.2 Å². The van der Waals surface area contributed by atoms with E-state index in [1.165, 1.54) is 0 Å². The summed E-state index contributed by atoms with van der Waals surface area (Å²) in [5, 5.41) is 0. The average molecular weight is 358 g/mol. The summed E-state index contributed by atoms with van der Waals surface area (Å²) in [6.45, 7) is 4.33. The molecule has 1 unspecified atom stereocenters. The third kappa shape index (κ3) is 3.24. The molecule has 138 valence electrons. The Morgan fingerprint density at radius 3 is 2.65 bits per heavy atom. The molecule has 7 heteroatoms. The Labute approximate surface area is 152 Å². The quantitative estimate of drug-likeness (QED) is 0.901. The molecule has 26 heavy (non-hydrogen) atoms. The molecule has 2 aromatic rings. The maximum absolute atomic E-state index is 11.3. The molecular weight excluding hydrogens is 336 g/mol. The van der Waals surface area contributed by atoms with Gasteiger partial charge in [0.1, 0.15) is 11.9 Å². The van der Waals surface area contributed by atoms with Crippen molar-refractivity contribution in [2.75, 3.05) is 20.8 Å². The largest absolute Gasteiger partial charge is 0.492 e. The highest BCUT2D eigenvalue weighted by Gasteiger charge is 2.40. The van der Waals surface area contributed by atoms with Crippen LogP contribution in [0.2, 0.25) is 0 Å². The van der Waals surface area contributed by atoms with Crippen molar-refractivity contribution in [2.45, 2.75) is 20.0 Å². The van der Waals surface area contributed by atoms with Crippen LogP contribution >= 0.6 is 0 Å². The summed E-state index contributed by atoms with van der Waals surface area (Å²) in [6.07, 6.45) is -1.28. The van der Waals surface area contributed by atoms with Crippen molar-refractivity contribution in [3.8, 4) is 28.6 Å². The van der Waals surface area contributed by atoms with E-state index in [4.69, 9.17) is 24.7 Å². The zero-order chi connectivity index (χ0) is 18.9. The molecule has 1 aliphatic heterocycles. The molecule has 2 heterocycles. The van der Waals surface area contributed by atoms with Crippen LogP contribution in [0.1, 0.15) is 25.5 Å². The first-order valence-corrected chi connectivity index (χ1v) is 8.18. The van der Waals surface area contributed by atoms with Gasteiger partial charge in [0.2, 0.25) is 11.8 Å². The lowest BCUT2D eigenvalue weighted by Crippen LogP contribution is -2.37. The number of nitrogens with two attached hydrogens (primary N) is 1. The van der Waals surface area contributed by atoms with E-state index in [2.05, 4.69) is 4.98 Å². The molecule has 1 atom stereocenters. The lowest BCUT2D eigenvalue weighted by Gasteiger charge is -2.38. The van der Waals surface area contributed by atoms with Gasteiger partial charge in [-0.05, 0) is 17.7 Å². The van der Waals surface area contributed by atoms with E-state index in [-0.39, 0.29) is 5.41 Å². The van der Waals surface area contributed by atoms with Gasteiger partial charge in [-0.3, -0.25) is 0 Å². The van der Waals surface area contributed by atoms with Crippen molar-refractivity contribution in [2.24, 2.45) is 11.1 Å². The van der Waals surface area contributed by atoms with Crippen molar-refractivity contribution in [1.82, 2.24) is 4.98 Å². The molecule has 0 fully saturated rings. The molecule has 0 spiro atoms. The highest BCUT2D eigenvalue weighted by atomic mass is 16.6. The fraction of sp³-hybridized carbons (Fsp3) is 0.368. The Morgan fingerprint density at radius 2 is 2.00 bits per heavy atom. The number of amides is 1. The number of pyridine rings is 1. The molecule has 0 aliphatic carbocycles. The van der Waals surface area contributed by atoms with Crippen LogP contribution < -0.4 is 19.9 Å². The lowest BCUT2D eigenvalue weighted by molar-refractivity contribution is -0.0176. The van der Waals surface area contributed by atoms with Gasteiger partial charge in [0.05, 0.1) is 20.8 Å². The van der Waals surface area contributed by atoms with Crippen LogP contribution in [0.4, 0.5) is 4.79 Å². The van der Waals surface area contributed by atoms with E-state index in [9.17, 15) is 4.79 Å². The zero-order valence-electron chi connectivity index (χ0n) is 15.2. The molecule has 1 aromatic carbocycles. The van der Waals surface area contributed by atoms with Gasteiger partial charge in [-0.25, -0.2) is 4.79 Å². The first-order chi connectivity index (χ1) is 12.4. The van der Waals surface area contributed by atoms with Gasteiger partial charge in [-0.1, -0.05) is 26.0 Å². The van der Waals surface area contributed by atoms with Gasteiger partial charge in [-0.2, -0.15) is 4.98 Å². The van der Waals surface area contributed by atoms with Gasteiger partial charge >= 0.3 is 6.09 Å². The number of rotatable bonds is 4. The zero-order valence-corrected chi connectivity index (χ0v) is 15.2. The number of ether oxygens (including phenoxy) is 4. The number of carbonyl (C=O) groups is 1. The molecule has 0 saturated carbocycles. The summed E-state index contributed by atoms with van der Waals surface area (Å²) < 4.78 is 21.8. The number of aromatic nitrogens is 1. The van der Waals surface area contributed by atoms with Gasteiger partial charge in [0.15, 0.2) is 0 Å². The predicted molar refractivity (Wildman–Crippen MR) is 95.5 cm³/mol. The second-order valence-corrected chi connectivity index (χ2v) is 6.76.